The minimum Gasteiger partial charge on any atom is -0.497 e. The fourth-order valence-electron chi connectivity index (χ4n) is 3.13. The van der Waals surface area contributed by atoms with Crippen LogP contribution >= 0.6 is 11.8 Å². The molecule has 3 aromatic rings. The zero-order chi connectivity index (χ0) is 18.8. The number of amides is 1. The second kappa shape index (κ2) is 7.47. The minimum absolute atomic E-state index is 0.0391. The summed E-state index contributed by atoms with van der Waals surface area (Å²) in [6.45, 7) is 0.384. The first-order valence-corrected chi connectivity index (χ1v) is 9.46. The highest BCUT2D eigenvalue weighted by Crippen LogP contribution is 2.42. The molecular weight excluding hydrogens is 358 g/mol. The van der Waals surface area contributed by atoms with Gasteiger partial charge in [0.1, 0.15) is 5.75 Å². The van der Waals surface area contributed by atoms with Crippen LogP contribution in [0.15, 0.2) is 76.5 Å². The van der Waals surface area contributed by atoms with E-state index in [9.17, 15) is 9.90 Å². The Balaban J connectivity index is 1.80. The molecular formula is C22H19NO3S. The molecule has 3 aromatic carbocycles. The molecule has 1 N–H and O–H groups in total. The van der Waals surface area contributed by atoms with Gasteiger partial charge in [-0.15, -0.1) is 0 Å². The third-order valence-electron chi connectivity index (χ3n) is 4.58. The van der Waals surface area contributed by atoms with Crippen molar-refractivity contribution in [2.75, 3.05) is 12.0 Å². The van der Waals surface area contributed by atoms with Crippen molar-refractivity contribution in [2.24, 2.45) is 0 Å². The van der Waals surface area contributed by atoms with Crippen molar-refractivity contribution < 1.29 is 14.6 Å². The van der Waals surface area contributed by atoms with Gasteiger partial charge in [0.2, 0.25) is 0 Å². The van der Waals surface area contributed by atoms with Crippen LogP contribution in [0.1, 0.15) is 21.5 Å². The largest absolute Gasteiger partial charge is 0.497 e. The van der Waals surface area contributed by atoms with Crippen LogP contribution in [0.2, 0.25) is 0 Å². The van der Waals surface area contributed by atoms with Crippen molar-refractivity contribution in [1.82, 2.24) is 0 Å². The van der Waals surface area contributed by atoms with Crippen LogP contribution in [0.25, 0.3) is 0 Å². The summed E-state index contributed by atoms with van der Waals surface area (Å²) in [7, 11) is 1.63. The standard InChI is InChI=1S/C22H19NO3S/c1-26-17-9-6-15(7-10-17)13-23-19-12-16(14-24)8-11-21(19)27-20-5-3-2-4-18(20)22(23)25/h2-12,24H,13-14H2,1H3. The van der Waals surface area contributed by atoms with Crippen LogP contribution < -0.4 is 9.64 Å². The molecule has 0 atom stereocenters. The number of hydrogen-bond donors (Lipinski definition) is 1. The smallest absolute Gasteiger partial charge is 0.259 e. The Morgan fingerprint density at radius 3 is 2.44 bits per heavy atom. The molecule has 1 aliphatic rings. The van der Waals surface area contributed by atoms with Crippen molar-refractivity contribution in [3.63, 3.8) is 0 Å². The van der Waals surface area contributed by atoms with Crippen LogP contribution in [0.3, 0.4) is 0 Å². The lowest BCUT2D eigenvalue weighted by atomic mass is 10.1. The number of hydrogen-bond acceptors (Lipinski definition) is 4. The number of benzene rings is 3. The molecule has 0 fully saturated rings. The van der Waals surface area contributed by atoms with Crippen molar-refractivity contribution >= 4 is 23.4 Å². The van der Waals surface area contributed by atoms with Gasteiger partial charge in [-0.2, -0.15) is 0 Å². The van der Waals surface area contributed by atoms with Crippen LogP contribution in [0.4, 0.5) is 5.69 Å². The summed E-state index contributed by atoms with van der Waals surface area (Å²) in [6.07, 6.45) is 0. The SMILES string of the molecule is COc1ccc(CN2C(=O)c3ccccc3Sc3ccc(CO)cc32)cc1. The number of ether oxygens (including phenoxy) is 1. The Kier molecular flexibility index (Phi) is 4.88. The van der Waals surface area contributed by atoms with Gasteiger partial charge in [0.15, 0.2) is 0 Å². The monoisotopic (exact) mass is 377 g/mol. The van der Waals surface area contributed by atoms with E-state index < -0.39 is 0 Å². The van der Waals surface area contributed by atoms with Crippen LogP contribution in [-0.2, 0) is 13.2 Å². The van der Waals surface area contributed by atoms with Gasteiger partial charge >= 0.3 is 0 Å². The fraction of sp³-hybridized carbons (Fsp3) is 0.136. The van der Waals surface area contributed by atoms with Crippen molar-refractivity contribution in [1.29, 1.82) is 0 Å². The fourth-order valence-corrected chi connectivity index (χ4v) is 4.19. The first-order chi connectivity index (χ1) is 13.2. The molecule has 4 rings (SSSR count). The number of rotatable bonds is 4. The normalized spacial score (nSPS) is 13.0. The van der Waals surface area contributed by atoms with Crippen molar-refractivity contribution in [3.8, 4) is 5.75 Å². The molecule has 0 saturated heterocycles. The summed E-state index contributed by atoms with van der Waals surface area (Å²) >= 11 is 1.58. The zero-order valence-corrected chi connectivity index (χ0v) is 15.7. The molecule has 27 heavy (non-hydrogen) atoms. The lowest BCUT2D eigenvalue weighted by Crippen LogP contribution is -2.30. The van der Waals surface area contributed by atoms with E-state index in [1.165, 1.54) is 0 Å². The molecule has 0 radical (unpaired) electrons. The quantitative estimate of drug-likeness (QED) is 0.727. The van der Waals surface area contributed by atoms with Gasteiger partial charge in [0.05, 0.1) is 31.5 Å². The Morgan fingerprint density at radius 1 is 0.963 bits per heavy atom. The first-order valence-electron chi connectivity index (χ1n) is 8.65. The maximum Gasteiger partial charge on any atom is 0.259 e. The number of nitrogens with zero attached hydrogens (tertiary/aromatic N) is 1. The first kappa shape index (κ1) is 17.6. The molecule has 0 aliphatic carbocycles. The number of methoxy groups -OCH3 is 1. The van der Waals surface area contributed by atoms with Gasteiger partial charge in [-0.1, -0.05) is 42.1 Å². The third kappa shape index (κ3) is 3.44. The summed E-state index contributed by atoms with van der Waals surface area (Å²) < 4.78 is 5.22. The summed E-state index contributed by atoms with van der Waals surface area (Å²) in [5.41, 5.74) is 3.31. The predicted octanol–water partition coefficient (Wildman–Crippen LogP) is 4.50. The van der Waals surface area contributed by atoms with E-state index in [2.05, 4.69) is 0 Å². The highest BCUT2D eigenvalue weighted by atomic mass is 32.2. The molecule has 0 bridgehead atoms. The van der Waals surface area contributed by atoms with E-state index in [-0.39, 0.29) is 12.5 Å². The highest BCUT2D eigenvalue weighted by Gasteiger charge is 2.27. The van der Waals surface area contributed by atoms with Gasteiger partial charge < -0.3 is 14.7 Å². The molecule has 0 aromatic heterocycles. The van der Waals surface area contributed by atoms with Gasteiger partial charge in [0, 0.05) is 9.79 Å². The van der Waals surface area contributed by atoms with E-state index in [1.807, 2.05) is 66.7 Å². The molecule has 1 aliphatic heterocycles. The van der Waals surface area contributed by atoms with Crippen molar-refractivity contribution in [2.45, 2.75) is 22.9 Å². The number of carbonyl (C=O) groups is 1. The third-order valence-corrected chi connectivity index (χ3v) is 5.72. The van der Waals surface area contributed by atoms with Gasteiger partial charge in [-0.25, -0.2) is 0 Å². The number of anilines is 1. The number of fused-ring (bicyclic) bond motifs is 2. The van der Waals surface area contributed by atoms with Gasteiger partial charge in [0.25, 0.3) is 5.91 Å². The van der Waals surface area contributed by atoms with E-state index >= 15 is 0 Å². The van der Waals surface area contributed by atoms with Crippen LogP contribution in [0, 0.1) is 0 Å². The molecule has 0 unspecified atom stereocenters. The summed E-state index contributed by atoms with van der Waals surface area (Å²) in [4.78, 5) is 17.1. The Hall–Kier alpha value is -2.76. The zero-order valence-electron chi connectivity index (χ0n) is 14.9. The Labute approximate surface area is 162 Å². The Bertz CT molecular complexity index is 985. The number of carbonyl (C=O) groups excluding carboxylic acids is 1. The number of aliphatic hydroxyl groups excluding tert-OH is 1. The molecule has 4 nitrogen and oxygen atoms in total. The second-order valence-corrected chi connectivity index (χ2v) is 7.38. The molecule has 1 amide bonds. The van der Waals surface area contributed by atoms with Gasteiger partial charge in [-0.3, -0.25) is 4.79 Å². The maximum absolute atomic E-state index is 13.4. The Morgan fingerprint density at radius 2 is 1.70 bits per heavy atom. The van der Waals surface area contributed by atoms with Crippen LogP contribution in [-0.4, -0.2) is 18.1 Å². The second-order valence-electron chi connectivity index (χ2n) is 6.30. The maximum atomic E-state index is 13.4. The molecule has 5 heteroatoms. The summed E-state index contributed by atoms with van der Waals surface area (Å²) in [5.74, 6) is 0.743. The lowest BCUT2D eigenvalue weighted by Gasteiger charge is -2.24. The molecule has 0 saturated carbocycles. The van der Waals surface area contributed by atoms with E-state index in [1.54, 1.807) is 23.8 Å². The van der Waals surface area contributed by atoms with E-state index in [4.69, 9.17) is 4.74 Å². The van der Waals surface area contributed by atoms with E-state index in [0.29, 0.717) is 12.1 Å². The minimum atomic E-state index is -0.0601. The van der Waals surface area contributed by atoms with Crippen molar-refractivity contribution in [3.05, 3.63) is 83.4 Å². The average molecular weight is 377 g/mol. The highest BCUT2D eigenvalue weighted by molar-refractivity contribution is 7.99. The summed E-state index contributed by atoms with van der Waals surface area (Å²) in [6, 6.07) is 21.2. The predicted molar refractivity (Wildman–Crippen MR) is 106 cm³/mol. The molecule has 136 valence electrons. The lowest BCUT2D eigenvalue weighted by molar-refractivity contribution is 0.0982. The average Bonchev–Trinajstić information content (AvgIpc) is 2.83. The summed E-state index contributed by atoms with van der Waals surface area (Å²) in [5, 5.41) is 9.56. The molecule has 0 spiro atoms. The molecule has 1 heterocycles. The van der Waals surface area contributed by atoms with Gasteiger partial charge in [-0.05, 0) is 47.5 Å². The number of aliphatic hydroxyl groups is 1. The van der Waals surface area contributed by atoms with E-state index in [0.717, 1.165) is 32.4 Å². The topological polar surface area (TPSA) is 49.8 Å². The van der Waals surface area contributed by atoms with Crippen LogP contribution in [0.5, 0.6) is 5.75 Å².